The van der Waals surface area contributed by atoms with E-state index in [0.717, 1.165) is 36.3 Å². The lowest BCUT2D eigenvalue weighted by molar-refractivity contribution is -0.0284. The van der Waals surface area contributed by atoms with E-state index < -0.39 is 0 Å². The second kappa shape index (κ2) is 10.1. The molecular formula is C18H28BrFN4O. The molecule has 140 valence electrons. The lowest BCUT2D eigenvalue weighted by Crippen LogP contribution is -2.50. The first-order valence-corrected chi connectivity index (χ1v) is 9.49. The predicted octanol–water partition coefficient (Wildman–Crippen LogP) is 2.61. The van der Waals surface area contributed by atoms with Gasteiger partial charge in [-0.15, -0.1) is 0 Å². The van der Waals surface area contributed by atoms with Gasteiger partial charge in [0.1, 0.15) is 5.82 Å². The van der Waals surface area contributed by atoms with Crippen molar-refractivity contribution in [3.63, 3.8) is 0 Å². The molecule has 1 fully saturated rings. The average Bonchev–Trinajstić information content (AvgIpc) is 2.57. The van der Waals surface area contributed by atoms with Crippen LogP contribution in [0.25, 0.3) is 0 Å². The van der Waals surface area contributed by atoms with Crippen LogP contribution in [0.4, 0.5) is 4.39 Å². The quantitative estimate of drug-likeness (QED) is 0.554. The van der Waals surface area contributed by atoms with Gasteiger partial charge >= 0.3 is 0 Å². The fourth-order valence-electron chi connectivity index (χ4n) is 2.87. The highest BCUT2D eigenvalue weighted by molar-refractivity contribution is 9.10. The minimum atomic E-state index is -0.246. The smallest absolute Gasteiger partial charge is 0.191 e. The minimum Gasteiger partial charge on any atom is -0.374 e. The number of hydrogen-bond acceptors (Lipinski definition) is 3. The number of nitrogens with zero attached hydrogens (tertiary/aromatic N) is 2. The normalized spacial score (nSPS) is 19.3. The Labute approximate surface area is 158 Å². The van der Waals surface area contributed by atoms with Crippen molar-refractivity contribution in [2.24, 2.45) is 10.9 Å². The van der Waals surface area contributed by atoms with Gasteiger partial charge in [-0.2, -0.15) is 0 Å². The summed E-state index contributed by atoms with van der Waals surface area (Å²) in [7, 11) is 1.72. The van der Waals surface area contributed by atoms with E-state index in [4.69, 9.17) is 4.74 Å². The molecule has 1 aromatic rings. The predicted molar refractivity (Wildman–Crippen MR) is 103 cm³/mol. The zero-order valence-corrected chi connectivity index (χ0v) is 16.8. The van der Waals surface area contributed by atoms with Gasteiger partial charge < -0.3 is 15.4 Å². The van der Waals surface area contributed by atoms with Crippen molar-refractivity contribution < 1.29 is 9.13 Å². The molecule has 7 heteroatoms. The molecular weight excluding hydrogens is 387 g/mol. The average molecular weight is 415 g/mol. The second-order valence-electron chi connectivity index (χ2n) is 6.69. The van der Waals surface area contributed by atoms with Crippen molar-refractivity contribution in [3.8, 4) is 0 Å². The van der Waals surface area contributed by atoms with Crippen LogP contribution in [0.2, 0.25) is 0 Å². The van der Waals surface area contributed by atoms with E-state index in [2.05, 4.69) is 50.3 Å². The molecule has 2 N–H and O–H groups in total. The van der Waals surface area contributed by atoms with E-state index in [1.807, 2.05) is 0 Å². The molecule has 0 aliphatic carbocycles. The maximum Gasteiger partial charge on any atom is 0.191 e. The number of rotatable bonds is 6. The molecule has 0 amide bonds. The third-order valence-electron chi connectivity index (χ3n) is 4.02. The Balaban J connectivity index is 1.79. The zero-order chi connectivity index (χ0) is 18.2. The molecule has 0 aromatic heterocycles. The molecule has 0 spiro atoms. The lowest BCUT2D eigenvalue weighted by Gasteiger charge is -2.34. The van der Waals surface area contributed by atoms with Crippen LogP contribution in [0.15, 0.2) is 27.7 Å². The molecule has 0 saturated carbocycles. The van der Waals surface area contributed by atoms with Crippen LogP contribution < -0.4 is 10.6 Å². The first kappa shape index (κ1) is 20.1. The SMILES string of the molecule is CN=C(NCc1cc(F)ccc1Br)NCC1CN(CC(C)C)CCO1. The summed E-state index contributed by atoms with van der Waals surface area (Å²) in [6, 6.07) is 4.66. The summed E-state index contributed by atoms with van der Waals surface area (Å²) in [4.78, 5) is 6.67. The Kier molecular flexibility index (Phi) is 8.12. The summed E-state index contributed by atoms with van der Waals surface area (Å²) in [5.41, 5.74) is 0.847. The molecule has 25 heavy (non-hydrogen) atoms. The van der Waals surface area contributed by atoms with Gasteiger partial charge in [0, 0.05) is 44.2 Å². The van der Waals surface area contributed by atoms with Gasteiger partial charge in [-0.25, -0.2) is 4.39 Å². The Morgan fingerprint density at radius 3 is 2.96 bits per heavy atom. The molecule has 0 radical (unpaired) electrons. The fourth-order valence-corrected chi connectivity index (χ4v) is 3.26. The number of nitrogens with one attached hydrogen (secondary N) is 2. The third-order valence-corrected chi connectivity index (χ3v) is 4.79. The van der Waals surface area contributed by atoms with Crippen LogP contribution in [0.1, 0.15) is 19.4 Å². The van der Waals surface area contributed by atoms with Crippen molar-refractivity contribution in [1.29, 1.82) is 0 Å². The van der Waals surface area contributed by atoms with E-state index in [1.165, 1.54) is 12.1 Å². The highest BCUT2D eigenvalue weighted by atomic mass is 79.9. The highest BCUT2D eigenvalue weighted by Gasteiger charge is 2.21. The number of morpholine rings is 1. The zero-order valence-electron chi connectivity index (χ0n) is 15.2. The Bertz CT molecular complexity index is 582. The standard InChI is InChI=1S/C18H28BrFN4O/c1-13(2)11-24-6-7-25-16(12-24)10-23-18(21-3)22-9-14-8-15(20)4-5-17(14)19/h4-5,8,13,16H,6-7,9-12H2,1-3H3,(H2,21,22,23). The molecule has 5 nitrogen and oxygen atoms in total. The summed E-state index contributed by atoms with van der Waals surface area (Å²) in [5, 5.41) is 6.51. The van der Waals surface area contributed by atoms with Crippen LogP contribution in [0.3, 0.4) is 0 Å². The van der Waals surface area contributed by atoms with Gasteiger partial charge in [-0.05, 0) is 29.7 Å². The largest absolute Gasteiger partial charge is 0.374 e. The topological polar surface area (TPSA) is 48.9 Å². The van der Waals surface area contributed by atoms with Crippen LogP contribution in [0, 0.1) is 11.7 Å². The summed E-state index contributed by atoms with van der Waals surface area (Å²) >= 11 is 3.44. The van der Waals surface area contributed by atoms with E-state index in [0.29, 0.717) is 25.0 Å². The van der Waals surface area contributed by atoms with Crippen molar-refractivity contribution >= 4 is 21.9 Å². The fraction of sp³-hybridized carbons (Fsp3) is 0.611. The van der Waals surface area contributed by atoms with Crippen molar-refractivity contribution in [3.05, 3.63) is 34.1 Å². The van der Waals surface area contributed by atoms with E-state index in [1.54, 1.807) is 13.1 Å². The molecule has 1 aliphatic heterocycles. The van der Waals surface area contributed by atoms with Crippen LogP contribution in [0.5, 0.6) is 0 Å². The molecule has 1 aromatic carbocycles. The minimum absolute atomic E-state index is 0.145. The Morgan fingerprint density at radius 2 is 2.24 bits per heavy atom. The first-order chi connectivity index (χ1) is 12.0. The molecule has 1 saturated heterocycles. The van der Waals surface area contributed by atoms with Gasteiger partial charge in [0.25, 0.3) is 0 Å². The van der Waals surface area contributed by atoms with E-state index in [-0.39, 0.29) is 11.9 Å². The second-order valence-corrected chi connectivity index (χ2v) is 7.54. The summed E-state index contributed by atoms with van der Waals surface area (Å²) in [6.07, 6.45) is 0.145. The maximum absolute atomic E-state index is 13.4. The monoisotopic (exact) mass is 414 g/mol. The van der Waals surface area contributed by atoms with E-state index >= 15 is 0 Å². The molecule has 0 bridgehead atoms. The number of benzene rings is 1. The number of ether oxygens (including phenoxy) is 1. The Morgan fingerprint density at radius 1 is 1.44 bits per heavy atom. The first-order valence-electron chi connectivity index (χ1n) is 8.70. The van der Waals surface area contributed by atoms with Crippen LogP contribution in [-0.2, 0) is 11.3 Å². The molecule has 1 heterocycles. The maximum atomic E-state index is 13.4. The van der Waals surface area contributed by atoms with Crippen molar-refractivity contribution in [2.75, 3.05) is 39.8 Å². The lowest BCUT2D eigenvalue weighted by atomic mass is 10.2. The molecule has 1 aliphatic rings. The van der Waals surface area contributed by atoms with Crippen LogP contribution >= 0.6 is 15.9 Å². The highest BCUT2D eigenvalue weighted by Crippen LogP contribution is 2.17. The summed E-state index contributed by atoms with van der Waals surface area (Å²) in [5.74, 6) is 1.09. The molecule has 1 atom stereocenters. The summed E-state index contributed by atoms with van der Waals surface area (Å²) in [6.45, 7) is 9.44. The van der Waals surface area contributed by atoms with Crippen molar-refractivity contribution in [2.45, 2.75) is 26.5 Å². The van der Waals surface area contributed by atoms with Gasteiger partial charge in [-0.3, -0.25) is 9.89 Å². The number of hydrogen-bond donors (Lipinski definition) is 2. The number of aliphatic imine (C=N–C) groups is 1. The number of guanidine groups is 1. The van der Waals surface area contributed by atoms with Gasteiger partial charge in [0.2, 0.25) is 0 Å². The Hall–Kier alpha value is -1.18. The van der Waals surface area contributed by atoms with Crippen molar-refractivity contribution in [1.82, 2.24) is 15.5 Å². The van der Waals surface area contributed by atoms with Gasteiger partial charge in [0.15, 0.2) is 5.96 Å². The van der Waals surface area contributed by atoms with Gasteiger partial charge in [0.05, 0.1) is 12.7 Å². The van der Waals surface area contributed by atoms with Gasteiger partial charge in [-0.1, -0.05) is 29.8 Å². The van der Waals surface area contributed by atoms with E-state index in [9.17, 15) is 4.39 Å². The molecule has 2 rings (SSSR count). The summed E-state index contributed by atoms with van der Waals surface area (Å²) < 4.78 is 20.1. The number of halogens is 2. The van der Waals surface area contributed by atoms with Crippen LogP contribution in [-0.4, -0.2) is 56.8 Å². The molecule has 1 unspecified atom stereocenters. The third kappa shape index (κ3) is 6.92.